The number of rotatable bonds is 3. The van der Waals surface area contributed by atoms with E-state index in [1.165, 1.54) is 10.6 Å². The number of hydrogen-bond donors (Lipinski definition) is 1. The summed E-state index contributed by atoms with van der Waals surface area (Å²) in [5.41, 5.74) is 2.72. The summed E-state index contributed by atoms with van der Waals surface area (Å²) in [4.78, 5) is 34.6. The van der Waals surface area contributed by atoms with Gasteiger partial charge in [-0.2, -0.15) is 0 Å². The molecule has 4 rings (SSSR count). The maximum absolute atomic E-state index is 12.3. The number of fused-ring (bicyclic) bond motifs is 1. The molecule has 0 saturated carbocycles. The van der Waals surface area contributed by atoms with Crippen LogP contribution in [-0.4, -0.2) is 36.9 Å². The second-order valence-electron chi connectivity index (χ2n) is 5.96. The van der Waals surface area contributed by atoms with E-state index in [0.29, 0.717) is 24.3 Å². The van der Waals surface area contributed by atoms with E-state index in [1.807, 2.05) is 18.2 Å². The number of likely N-dealkylation sites (tertiary alicyclic amines) is 1. The Labute approximate surface area is 138 Å². The van der Waals surface area contributed by atoms with Gasteiger partial charge in [0.1, 0.15) is 0 Å². The van der Waals surface area contributed by atoms with Gasteiger partial charge in [-0.15, -0.1) is 0 Å². The van der Waals surface area contributed by atoms with Gasteiger partial charge in [0.2, 0.25) is 5.91 Å². The molecule has 24 heavy (non-hydrogen) atoms. The molecule has 4 heterocycles. The van der Waals surface area contributed by atoms with Crippen LogP contribution >= 0.6 is 0 Å². The molecule has 1 N–H and O–H groups in total. The van der Waals surface area contributed by atoms with Crippen LogP contribution in [-0.2, 0) is 11.3 Å². The van der Waals surface area contributed by atoms with Crippen LogP contribution in [0.25, 0.3) is 16.9 Å². The third kappa shape index (κ3) is 2.68. The molecule has 1 fully saturated rings. The first-order chi connectivity index (χ1) is 11.7. The van der Waals surface area contributed by atoms with E-state index in [1.54, 1.807) is 17.3 Å². The highest BCUT2D eigenvalue weighted by Crippen LogP contribution is 2.18. The molecule has 3 aromatic rings. The Bertz CT molecular complexity index is 945. The molecule has 7 heteroatoms. The fraction of sp³-hybridized carbons (Fsp3) is 0.294. The third-order valence-electron chi connectivity index (χ3n) is 4.27. The first-order valence-corrected chi connectivity index (χ1v) is 8.00. The summed E-state index contributed by atoms with van der Waals surface area (Å²) in [5.74, 6) is 0.134. The molecule has 122 valence electrons. The summed E-state index contributed by atoms with van der Waals surface area (Å²) in [6.45, 7) is 1.12. The molecule has 1 amide bonds. The number of aromatic amines is 1. The van der Waals surface area contributed by atoms with Gasteiger partial charge >= 0.3 is 0 Å². The monoisotopic (exact) mass is 323 g/mol. The normalized spacial score (nSPS) is 15.2. The minimum atomic E-state index is -0.181. The molecule has 1 aliphatic rings. The molecule has 0 aliphatic carbocycles. The first kappa shape index (κ1) is 14.6. The van der Waals surface area contributed by atoms with E-state index in [4.69, 9.17) is 0 Å². The SMILES string of the molecule is O=C1CCCCN1Cc1cc(=O)n2[nH]c(-c3ccncc3)cc2n1. The summed E-state index contributed by atoms with van der Waals surface area (Å²) in [6.07, 6.45) is 5.92. The predicted octanol–water partition coefficient (Wildman–Crippen LogP) is 1.60. The zero-order valence-corrected chi connectivity index (χ0v) is 13.1. The van der Waals surface area contributed by atoms with Crippen molar-refractivity contribution in [2.24, 2.45) is 0 Å². The van der Waals surface area contributed by atoms with Crippen molar-refractivity contribution in [1.82, 2.24) is 24.5 Å². The largest absolute Gasteiger partial charge is 0.337 e. The molecular weight excluding hydrogens is 306 g/mol. The van der Waals surface area contributed by atoms with Crippen LogP contribution in [0.1, 0.15) is 25.0 Å². The molecule has 0 radical (unpaired) electrons. The quantitative estimate of drug-likeness (QED) is 0.793. The molecule has 0 atom stereocenters. The Balaban J connectivity index is 1.69. The van der Waals surface area contributed by atoms with Crippen molar-refractivity contribution >= 4 is 11.6 Å². The fourth-order valence-electron chi connectivity index (χ4n) is 3.03. The second-order valence-corrected chi connectivity index (χ2v) is 5.96. The summed E-state index contributed by atoms with van der Waals surface area (Å²) in [5, 5.41) is 3.05. The predicted molar refractivity (Wildman–Crippen MR) is 88.3 cm³/mol. The van der Waals surface area contributed by atoms with Crippen LogP contribution in [0.4, 0.5) is 0 Å². The Morgan fingerprint density at radius 2 is 1.96 bits per heavy atom. The third-order valence-corrected chi connectivity index (χ3v) is 4.27. The average Bonchev–Trinajstić information content (AvgIpc) is 3.03. The second kappa shape index (κ2) is 5.92. The molecule has 7 nitrogen and oxygen atoms in total. The number of H-pyrrole nitrogens is 1. The highest BCUT2D eigenvalue weighted by atomic mass is 16.2. The molecule has 1 saturated heterocycles. The molecule has 0 aromatic carbocycles. The molecular formula is C17H17N5O2. The smallest absolute Gasteiger partial charge is 0.272 e. The van der Waals surface area contributed by atoms with Crippen LogP contribution < -0.4 is 5.56 Å². The number of nitrogens with zero attached hydrogens (tertiary/aromatic N) is 4. The number of aromatic nitrogens is 4. The van der Waals surface area contributed by atoms with E-state index >= 15 is 0 Å². The Morgan fingerprint density at radius 3 is 2.75 bits per heavy atom. The van der Waals surface area contributed by atoms with Gasteiger partial charge in [0, 0.05) is 43.1 Å². The van der Waals surface area contributed by atoms with E-state index in [9.17, 15) is 9.59 Å². The first-order valence-electron chi connectivity index (χ1n) is 8.00. The summed E-state index contributed by atoms with van der Waals surface area (Å²) in [6, 6.07) is 7.05. The average molecular weight is 323 g/mol. The van der Waals surface area contributed by atoms with Crippen LogP contribution in [0.15, 0.2) is 41.5 Å². The fourth-order valence-corrected chi connectivity index (χ4v) is 3.03. The van der Waals surface area contributed by atoms with Gasteiger partial charge in [-0.1, -0.05) is 0 Å². The summed E-state index contributed by atoms with van der Waals surface area (Å²) >= 11 is 0. The van der Waals surface area contributed by atoms with Crippen LogP contribution in [0.5, 0.6) is 0 Å². The van der Waals surface area contributed by atoms with Crippen molar-refractivity contribution in [2.75, 3.05) is 6.54 Å². The van der Waals surface area contributed by atoms with Gasteiger partial charge in [0.15, 0.2) is 5.65 Å². The molecule has 0 bridgehead atoms. The zero-order chi connectivity index (χ0) is 16.5. The van der Waals surface area contributed by atoms with Crippen molar-refractivity contribution in [3.8, 4) is 11.3 Å². The molecule has 0 spiro atoms. The van der Waals surface area contributed by atoms with Crippen molar-refractivity contribution in [3.05, 3.63) is 52.7 Å². The van der Waals surface area contributed by atoms with Gasteiger partial charge in [-0.25, -0.2) is 9.50 Å². The number of amides is 1. The van der Waals surface area contributed by atoms with Crippen LogP contribution in [0, 0.1) is 0 Å². The maximum Gasteiger partial charge on any atom is 0.272 e. The minimum absolute atomic E-state index is 0.134. The van der Waals surface area contributed by atoms with Crippen LogP contribution in [0.2, 0.25) is 0 Å². The van der Waals surface area contributed by atoms with Gasteiger partial charge in [-0.05, 0) is 25.0 Å². The van der Waals surface area contributed by atoms with Crippen molar-refractivity contribution < 1.29 is 4.79 Å². The number of pyridine rings is 1. The highest BCUT2D eigenvalue weighted by molar-refractivity contribution is 5.76. The van der Waals surface area contributed by atoms with E-state index in [-0.39, 0.29) is 11.5 Å². The lowest BCUT2D eigenvalue weighted by Gasteiger charge is -2.26. The van der Waals surface area contributed by atoms with Crippen molar-refractivity contribution in [1.29, 1.82) is 0 Å². The van der Waals surface area contributed by atoms with Crippen molar-refractivity contribution in [3.63, 3.8) is 0 Å². The lowest BCUT2D eigenvalue weighted by Crippen LogP contribution is -2.35. The number of carbonyl (C=O) groups is 1. The van der Waals surface area contributed by atoms with Gasteiger partial charge in [0.05, 0.1) is 17.9 Å². The van der Waals surface area contributed by atoms with Crippen molar-refractivity contribution in [2.45, 2.75) is 25.8 Å². The summed E-state index contributed by atoms with van der Waals surface area (Å²) in [7, 11) is 0. The molecule has 0 unspecified atom stereocenters. The molecule has 1 aliphatic heterocycles. The minimum Gasteiger partial charge on any atom is -0.337 e. The summed E-state index contributed by atoms with van der Waals surface area (Å²) < 4.78 is 1.41. The Hall–Kier alpha value is -2.96. The Kier molecular flexibility index (Phi) is 3.60. The van der Waals surface area contributed by atoms with E-state index in [2.05, 4.69) is 15.1 Å². The number of piperidine rings is 1. The standard InChI is InChI=1S/C17H17N5O2/c23-16-3-1-2-8-21(16)11-13-9-17(24)22-15(19-13)10-14(20-22)12-4-6-18-7-5-12/h4-7,9-10,20H,1-3,8,11H2. The van der Waals surface area contributed by atoms with E-state index in [0.717, 1.165) is 30.6 Å². The topological polar surface area (TPSA) is 83.4 Å². The molecule has 3 aromatic heterocycles. The van der Waals surface area contributed by atoms with Gasteiger partial charge in [-0.3, -0.25) is 19.7 Å². The zero-order valence-electron chi connectivity index (χ0n) is 13.1. The number of carbonyl (C=O) groups excluding carboxylic acids is 1. The lowest BCUT2D eigenvalue weighted by atomic mass is 10.1. The van der Waals surface area contributed by atoms with E-state index < -0.39 is 0 Å². The number of hydrogen-bond acceptors (Lipinski definition) is 4. The van der Waals surface area contributed by atoms with Gasteiger partial charge in [0.25, 0.3) is 5.56 Å². The van der Waals surface area contributed by atoms with Crippen LogP contribution in [0.3, 0.4) is 0 Å². The lowest BCUT2D eigenvalue weighted by molar-refractivity contribution is -0.133. The Morgan fingerprint density at radius 1 is 1.12 bits per heavy atom. The maximum atomic E-state index is 12.3. The number of nitrogens with one attached hydrogen (secondary N) is 1. The van der Waals surface area contributed by atoms with Gasteiger partial charge < -0.3 is 4.90 Å². The highest BCUT2D eigenvalue weighted by Gasteiger charge is 2.19.